The summed E-state index contributed by atoms with van der Waals surface area (Å²) in [5.74, 6) is -1.51. The maximum atomic E-state index is 12.8. The van der Waals surface area contributed by atoms with Crippen LogP contribution in [0, 0.1) is 0 Å². The number of aliphatic hydroxyl groups excluding tert-OH is 1. The smallest absolute Gasteiger partial charge is 0.295 e. The minimum atomic E-state index is -0.691. The average Bonchev–Trinajstić information content (AvgIpc) is 2.93. The third-order valence-corrected chi connectivity index (χ3v) is 4.90. The normalized spacial score (nSPS) is 18.9. The lowest BCUT2D eigenvalue weighted by Crippen LogP contribution is -2.32. The second kappa shape index (κ2) is 8.54. The first-order valence-corrected chi connectivity index (χ1v) is 9.37. The molecule has 1 aromatic heterocycles. The molecule has 1 fully saturated rings. The van der Waals surface area contributed by atoms with Crippen molar-refractivity contribution in [1.82, 2.24) is 14.8 Å². The van der Waals surface area contributed by atoms with E-state index in [1.54, 1.807) is 36.4 Å². The highest BCUT2D eigenvalue weighted by atomic mass is 35.5. The van der Waals surface area contributed by atoms with Gasteiger partial charge in [0, 0.05) is 29.5 Å². The molecular formula is C21H22ClN3O3. The molecule has 2 heterocycles. The molecular weight excluding hydrogens is 378 g/mol. The van der Waals surface area contributed by atoms with Gasteiger partial charge in [-0.15, -0.1) is 0 Å². The largest absolute Gasteiger partial charge is 0.507 e. The number of carbonyl (C=O) groups is 2. The molecule has 0 saturated carbocycles. The summed E-state index contributed by atoms with van der Waals surface area (Å²) in [7, 11) is 3.90. The maximum absolute atomic E-state index is 12.8. The number of pyridine rings is 1. The number of hydrogen-bond acceptors (Lipinski definition) is 5. The molecule has 1 aromatic carbocycles. The molecule has 6 nitrogen and oxygen atoms in total. The number of ketones is 1. The maximum Gasteiger partial charge on any atom is 0.295 e. The fourth-order valence-corrected chi connectivity index (χ4v) is 3.56. The molecule has 0 unspecified atom stereocenters. The summed E-state index contributed by atoms with van der Waals surface area (Å²) < 4.78 is 0. The Morgan fingerprint density at radius 2 is 1.93 bits per heavy atom. The van der Waals surface area contributed by atoms with Crippen LogP contribution in [0.1, 0.15) is 23.6 Å². The third-order valence-electron chi connectivity index (χ3n) is 4.66. The van der Waals surface area contributed by atoms with Crippen molar-refractivity contribution >= 4 is 29.1 Å². The van der Waals surface area contributed by atoms with E-state index in [0.29, 0.717) is 29.1 Å². The minimum Gasteiger partial charge on any atom is -0.507 e. The lowest BCUT2D eigenvalue weighted by Gasteiger charge is -2.26. The zero-order valence-electron chi connectivity index (χ0n) is 15.8. The van der Waals surface area contributed by atoms with Crippen LogP contribution in [0.2, 0.25) is 5.02 Å². The first-order valence-electron chi connectivity index (χ1n) is 8.99. The molecule has 1 aliphatic rings. The van der Waals surface area contributed by atoms with Crippen molar-refractivity contribution < 1.29 is 14.7 Å². The highest BCUT2D eigenvalue weighted by Crippen LogP contribution is 2.39. The number of Topliss-reactive ketones (excluding diaryl/α,β-unsaturated/α-hetero) is 1. The molecule has 146 valence electrons. The van der Waals surface area contributed by atoms with Crippen LogP contribution in [0.3, 0.4) is 0 Å². The molecule has 28 heavy (non-hydrogen) atoms. The van der Waals surface area contributed by atoms with Gasteiger partial charge >= 0.3 is 0 Å². The van der Waals surface area contributed by atoms with Crippen LogP contribution in [0.15, 0.2) is 54.4 Å². The average molecular weight is 400 g/mol. The van der Waals surface area contributed by atoms with E-state index in [0.717, 1.165) is 6.54 Å². The fraction of sp³-hybridized carbons (Fsp3) is 0.286. The van der Waals surface area contributed by atoms with Crippen molar-refractivity contribution in [3.63, 3.8) is 0 Å². The van der Waals surface area contributed by atoms with Gasteiger partial charge in [0.25, 0.3) is 11.7 Å². The highest BCUT2D eigenvalue weighted by Gasteiger charge is 2.45. The Morgan fingerprint density at radius 3 is 2.57 bits per heavy atom. The van der Waals surface area contributed by atoms with Gasteiger partial charge in [-0.1, -0.05) is 23.7 Å². The Bertz CT molecular complexity index is 912. The predicted octanol–water partition coefficient (Wildman–Crippen LogP) is 3.11. The Hall–Kier alpha value is -2.70. The van der Waals surface area contributed by atoms with E-state index in [-0.39, 0.29) is 11.3 Å². The van der Waals surface area contributed by atoms with Crippen LogP contribution in [-0.2, 0) is 9.59 Å². The van der Waals surface area contributed by atoms with E-state index >= 15 is 0 Å². The van der Waals surface area contributed by atoms with Crippen molar-refractivity contribution in [2.75, 3.05) is 27.2 Å². The van der Waals surface area contributed by atoms with E-state index in [1.165, 1.54) is 17.3 Å². The second-order valence-corrected chi connectivity index (χ2v) is 7.38. The minimum absolute atomic E-state index is 0.0725. The van der Waals surface area contributed by atoms with Gasteiger partial charge in [-0.2, -0.15) is 0 Å². The molecule has 1 N–H and O–H groups in total. The Morgan fingerprint density at radius 1 is 1.21 bits per heavy atom. The standard InChI is InChI=1S/C21H22ClN3O3/c1-24(2)11-4-12-25-18(15-5-3-6-16(22)13-15)17(20(27)21(25)28)19(26)14-7-9-23-10-8-14/h3,5-10,13,18,26H,4,11-12H2,1-2H3/t18-/m1/s1. The van der Waals surface area contributed by atoms with Crippen LogP contribution < -0.4 is 0 Å². The summed E-state index contributed by atoms with van der Waals surface area (Å²) in [5, 5.41) is 11.4. The van der Waals surface area contributed by atoms with E-state index in [9.17, 15) is 14.7 Å². The van der Waals surface area contributed by atoms with Gasteiger partial charge in [0.2, 0.25) is 0 Å². The number of benzene rings is 1. The predicted molar refractivity (Wildman–Crippen MR) is 108 cm³/mol. The molecule has 2 aromatic rings. The lowest BCUT2D eigenvalue weighted by molar-refractivity contribution is -0.139. The topological polar surface area (TPSA) is 73.7 Å². The number of halogens is 1. The Balaban J connectivity index is 2.08. The molecule has 7 heteroatoms. The van der Waals surface area contributed by atoms with Gasteiger partial charge in [0.05, 0.1) is 11.6 Å². The number of nitrogens with zero attached hydrogens (tertiary/aromatic N) is 3. The van der Waals surface area contributed by atoms with Gasteiger partial charge in [-0.25, -0.2) is 0 Å². The Kier molecular flexibility index (Phi) is 6.11. The lowest BCUT2D eigenvalue weighted by atomic mass is 9.95. The molecule has 0 spiro atoms. The fourth-order valence-electron chi connectivity index (χ4n) is 3.36. The Labute approximate surface area is 169 Å². The number of rotatable bonds is 6. The van der Waals surface area contributed by atoms with Gasteiger partial charge in [0.15, 0.2) is 0 Å². The molecule has 3 rings (SSSR count). The van der Waals surface area contributed by atoms with E-state index in [4.69, 9.17) is 11.6 Å². The van der Waals surface area contributed by atoms with Crippen molar-refractivity contribution in [3.05, 3.63) is 70.5 Å². The number of hydrogen-bond donors (Lipinski definition) is 1. The zero-order valence-corrected chi connectivity index (χ0v) is 16.6. The molecule has 1 saturated heterocycles. The molecule has 0 bridgehead atoms. The molecule has 1 atom stereocenters. The van der Waals surface area contributed by atoms with E-state index in [2.05, 4.69) is 4.98 Å². The summed E-state index contributed by atoms with van der Waals surface area (Å²) in [6.07, 6.45) is 3.75. The van der Waals surface area contributed by atoms with Gasteiger partial charge < -0.3 is 14.9 Å². The molecule has 0 aliphatic carbocycles. The van der Waals surface area contributed by atoms with Crippen LogP contribution in [0.25, 0.3) is 5.76 Å². The summed E-state index contributed by atoms with van der Waals surface area (Å²) in [4.78, 5) is 33.1. The SMILES string of the molecule is CN(C)CCCN1C(=O)C(=O)C(=C(O)c2ccncc2)[C@H]1c1cccc(Cl)c1. The first-order chi connectivity index (χ1) is 13.4. The third kappa shape index (κ3) is 4.08. The van der Waals surface area contributed by atoms with Gasteiger partial charge in [0.1, 0.15) is 5.76 Å². The molecule has 1 amide bonds. The number of likely N-dealkylation sites (tertiary alicyclic amines) is 1. The second-order valence-electron chi connectivity index (χ2n) is 6.94. The van der Waals surface area contributed by atoms with E-state index in [1.807, 2.05) is 19.0 Å². The summed E-state index contributed by atoms with van der Waals surface area (Å²) in [6.45, 7) is 1.17. The first kappa shape index (κ1) is 20.0. The van der Waals surface area contributed by atoms with Crippen LogP contribution in [0.5, 0.6) is 0 Å². The number of aromatic nitrogens is 1. The van der Waals surface area contributed by atoms with Crippen molar-refractivity contribution in [3.8, 4) is 0 Å². The number of carbonyl (C=O) groups excluding carboxylic acids is 2. The zero-order chi connectivity index (χ0) is 20.3. The number of amides is 1. The van der Waals surface area contributed by atoms with E-state index < -0.39 is 17.7 Å². The van der Waals surface area contributed by atoms with Gasteiger partial charge in [-0.3, -0.25) is 14.6 Å². The van der Waals surface area contributed by atoms with Crippen LogP contribution in [0.4, 0.5) is 0 Å². The van der Waals surface area contributed by atoms with Crippen molar-refractivity contribution in [1.29, 1.82) is 0 Å². The highest BCUT2D eigenvalue weighted by molar-refractivity contribution is 6.46. The van der Waals surface area contributed by atoms with Crippen LogP contribution >= 0.6 is 11.6 Å². The summed E-state index contributed by atoms with van der Waals surface area (Å²) >= 11 is 6.15. The van der Waals surface area contributed by atoms with Crippen molar-refractivity contribution in [2.45, 2.75) is 12.5 Å². The molecule has 1 aliphatic heterocycles. The van der Waals surface area contributed by atoms with Crippen molar-refractivity contribution in [2.24, 2.45) is 0 Å². The monoisotopic (exact) mass is 399 g/mol. The quantitative estimate of drug-likeness (QED) is 0.459. The van der Waals surface area contributed by atoms with Crippen LogP contribution in [-0.4, -0.2) is 58.8 Å². The summed E-state index contributed by atoms with van der Waals surface area (Å²) in [6, 6.07) is 9.54. The van der Waals surface area contributed by atoms with Gasteiger partial charge in [-0.05, 0) is 56.9 Å². The number of aliphatic hydroxyl groups is 1. The molecule has 0 radical (unpaired) electrons. The summed E-state index contributed by atoms with van der Waals surface area (Å²) in [5.41, 5.74) is 1.20.